The quantitative estimate of drug-likeness (QED) is 0.729. The molecule has 0 aromatic carbocycles. The van der Waals surface area contributed by atoms with Crippen molar-refractivity contribution in [3.8, 4) is 0 Å². The number of hydrogen-bond acceptors (Lipinski definition) is 2. The number of aliphatic carboxylic acids is 1. The molecule has 0 aromatic rings. The zero-order valence-corrected chi connectivity index (χ0v) is 10.5. The number of nitrogens with zero attached hydrogens (tertiary/aromatic N) is 1. The molecule has 0 aliphatic heterocycles. The smallest absolute Gasteiger partial charge is 0.323 e. The number of carboxylic acid groups (broad SMARTS) is 1. The average Bonchev–Trinajstić information content (AvgIpc) is 2.21. The molecule has 0 radical (unpaired) electrons. The van der Waals surface area contributed by atoms with Crippen LogP contribution in [0.3, 0.4) is 0 Å². The third kappa shape index (κ3) is 5.00. The zero-order valence-electron chi connectivity index (χ0n) is 10.5. The van der Waals surface area contributed by atoms with Gasteiger partial charge in [0.1, 0.15) is 6.54 Å². The Hall–Kier alpha value is -1.26. The first kappa shape index (κ1) is 14.7. The van der Waals surface area contributed by atoms with E-state index in [4.69, 9.17) is 5.11 Å². The number of carbonyl (C=O) groups excluding carboxylic acids is 1. The normalized spacial score (nSPS) is 10.6. The second kappa shape index (κ2) is 7.09. The second-order valence-corrected chi connectivity index (χ2v) is 4.08. The molecule has 0 aliphatic rings. The first-order chi connectivity index (χ1) is 7.42. The fourth-order valence-corrected chi connectivity index (χ4v) is 1.38. The summed E-state index contributed by atoms with van der Waals surface area (Å²) in [6, 6.07) is -0.306. The summed E-state index contributed by atoms with van der Waals surface area (Å²) in [6.07, 6.45) is 1.70. The van der Waals surface area contributed by atoms with Gasteiger partial charge in [-0.3, -0.25) is 4.79 Å². The lowest BCUT2D eigenvalue weighted by Gasteiger charge is -2.27. The summed E-state index contributed by atoms with van der Waals surface area (Å²) in [5, 5.41) is 11.5. The predicted molar refractivity (Wildman–Crippen MR) is 62.4 cm³/mol. The Morgan fingerprint density at radius 2 is 1.75 bits per heavy atom. The van der Waals surface area contributed by atoms with E-state index in [2.05, 4.69) is 5.32 Å². The Labute approximate surface area is 96.8 Å². The van der Waals surface area contributed by atoms with Crippen molar-refractivity contribution in [1.29, 1.82) is 0 Å². The number of rotatable bonds is 6. The molecule has 2 N–H and O–H groups in total. The van der Waals surface area contributed by atoms with Gasteiger partial charge in [-0.05, 0) is 26.7 Å². The number of carbonyl (C=O) groups is 2. The van der Waals surface area contributed by atoms with Crippen LogP contribution in [-0.2, 0) is 4.79 Å². The largest absolute Gasteiger partial charge is 0.480 e. The number of carboxylic acids is 1. The van der Waals surface area contributed by atoms with Crippen LogP contribution in [0.25, 0.3) is 0 Å². The van der Waals surface area contributed by atoms with E-state index >= 15 is 0 Å². The molecule has 2 amide bonds. The van der Waals surface area contributed by atoms with Gasteiger partial charge >= 0.3 is 12.0 Å². The Kier molecular flexibility index (Phi) is 6.53. The second-order valence-electron chi connectivity index (χ2n) is 4.08. The highest BCUT2D eigenvalue weighted by Gasteiger charge is 2.21. The van der Waals surface area contributed by atoms with Crippen LogP contribution in [0.15, 0.2) is 0 Å². The number of nitrogens with one attached hydrogen (secondary N) is 1. The molecule has 0 bridgehead atoms. The molecule has 0 rings (SSSR count). The topological polar surface area (TPSA) is 69.6 Å². The minimum absolute atomic E-state index is 0.113. The van der Waals surface area contributed by atoms with Crippen LogP contribution in [-0.4, -0.2) is 40.6 Å². The Balaban J connectivity index is 4.43. The molecule has 16 heavy (non-hydrogen) atoms. The highest BCUT2D eigenvalue weighted by Crippen LogP contribution is 2.02. The van der Waals surface area contributed by atoms with Gasteiger partial charge in [-0.2, -0.15) is 0 Å². The Bertz CT molecular complexity index is 237. The molecule has 5 nitrogen and oxygen atoms in total. The van der Waals surface area contributed by atoms with E-state index in [1.807, 2.05) is 13.8 Å². The van der Waals surface area contributed by atoms with Gasteiger partial charge in [-0.15, -0.1) is 0 Å². The molecule has 0 spiro atoms. The first-order valence-electron chi connectivity index (χ1n) is 5.71. The van der Waals surface area contributed by atoms with Crippen molar-refractivity contribution in [1.82, 2.24) is 10.2 Å². The molecular formula is C11H22N2O3. The van der Waals surface area contributed by atoms with Gasteiger partial charge in [-0.1, -0.05) is 13.8 Å². The SMILES string of the molecule is CCC(CC)NC(=O)N(CC(=O)O)C(C)C. The first-order valence-corrected chi connectivity index (χ1v) is 5.71. The summed E-state index contributed by atoms with van der Waals surface area (Å²) in [4.78, 5) is 23.7. The molecule has 0 unspecified atom stereocenters. The molecule has 0 saturated heterocycles. The van der Waals surface area contributed by atoms with Crippen LogP contribution in [0.5, 0.6) is 0 Å². The average molecular weight is 230 g/mol. The minimum atomic E-state index is -0.992. The summed E-state index contributed by atoms with van der Waals surface area (Å²) in [7, 11) is 0. The highest BCUT2D eigenvalue weighted by molar-refractivity contribution is 5.80. The molecule has 94 valence electrons. The fraction of sp³-hybridized carbons (Fsp3) is 0.818. The molecule has 0 heterocycles. The van der Waals surface area contributed by atoms with Gasteiger partial charge in [0, 0.05) is 12.1 Å². The van der Waals surface area contributed by atoms with E-state index in [0.717, 1.165) is 12.8 Å². The van der Waals surface area contributed by atoms with E-state index < -0.39 is 5.97 Å². The van der Waals surface area contributed by atoms with E-state index in [0.29, 0.717) is 0 Å². The zero-order chi connectivity index (χ0) is 12.7. The number of hydrogen-bond donors (Lipinski definition) is 2. The monoisotopic (exact) mass is 230 g/mol. The third-order valence-electron chi connectivity index (χ3n) is 2.50. The summed E-state index contributed by atoms with van der Waals surface area (Å²) in [5.74, 6) is -0.992. The van der Waals surface area contributed by atoms with Crippen molar-refractivity contribution in [3.05, 3.63) is 0 Å². The fourth-order valence-electron chi connectivity index (χ4n) is 1.38. The van der Waals surface area contributed by atoms with Crippen LogP contribution < -0.4 is 5.32 Å². The van der Waals surface area contributed by atoms with Gasteiger partial charge < -0.3 is 15.3 Å². The van der Waals surface area contributed by atoms with Crippen molar-refractivity contribution < 1.29 is 14.7 Å². The van der Waals surface area contributed by atoms with Crippen LogP contribution in [0, 0.1) is 0 Å². The maximum atomic E-state index is 11.8. The summed E-state index contributed by atoms with van der Waals surface area (Å²) in [5.41, 5.74) is 0. The predicted octanol–water partition coefficient (Wildman–Crippen LogP) is 1.68. The lowest BCUT2D eigenvalue weighted by molar-refractivity contribution is -0.138. The van der Waals surface area contributed by atoms with E-state index in [9.17, 15) is 9.59 Å². The van der Waals surface area contributed by atoms with Crippen molar-refractivity contribution >= 4 is 12.0 Å². The minimum Gasteiger partial charge on any atom is -0.480 e. The van der Waals surface area contributed by atoms with Gasteiger partial charge in [0.25, 0.3) is 0 Å². The molecule has 0 atom stereocenters. The van der Waals surface area contributed by atoms with E-state index in [1.165, 1.54) is 4.90 Å². The van der Waals surface area contributed by atoms with Gasteiger partial charge in [0.15, 0.2) is 0 Å². The standard InChI is InChI=1S/C11H22N2O3/c1-5-9(6-2)12-11(16)13(8(3)4)7-10(14)15/h8-9H,5-7H2,1-4H3,(H,12,16)(H,14,15). The van der Waals surface area contributed by atoms with Crippen molar-refractivity contribution in [2.24, 2.45) is 0 Å². The van der Waals surface area contributed by atoms with Crippen molar-refractivity contribution in [2.75, 3.05) is 6.54 Å². The van der Waals surface area contributed by atoms with Gasteiger partial charge in [0.05, 0.1) is 0 Å². The molecule has 0 aliphatic carbocycles. The molecule has 5 heteroatoms. The summed E-state index contributed by atoms with van der Waals surface area (Å²) in [6.45, 7) is 7.32. The van der Waals surface area contributed by atoms with E-state index in [-0.39, 0.29) is 24.7 Å². The third-order valence-corrected chi connectivity index (χ3v) is 2.50. The molecule has 0 fully saturated rings. The summed E-state index contributed by atoms with van der Waals surface area (Å²) >= 11 is 0. The van der Waals surface area contributed by atoms with Gasteiger partial charge in [-0.25, -0.2) is 4.79 Å². The Morgan fingerprint density at radius 1 is 1.25 bits per heavy atom. The van der Waals surface area contributed by atoms with Crippen LogP contribution in [0.4, 0.5) is 4.79 Å². The molecule has 0 saturated carbocycles. The lowest BCUT2D eigenvalue weighted by atomic mass is 10.2. The van der Waals surface area contributed by atoms with Crippen LogP contribution in [0.2, 0.25) is 0 Å². The number of amides is 2. The van der Waals surface area contributed by atoms with Gasteiger partial charge in [0.2, 0.25) is 0 Å². The highest BCUT2D eigenvalue weighted by atomic mass is 16.4. The summed E-state index contributed by atoms with van der Waals surface area (Å²) < 4.78 is 0. The lowest BCUT2D eigenvalue weighted by Crippen LogP contribution is -2.49. The van der Waals surface area contributed by atoms with Crippen LogP contribution in [0.1, 0.15) is 40.5 Å². The molecular weight excluding hydrogens is 208 g/mol. The molecule has 0 aromatic heterocycles. The van der Waals surface area contributed by atoms with Crippen molar-refractivity contribution in [2.45, 2.75) is 52.6 Å². The number of urea groups is 1. The maximum Gasteiger partial charge on any atom is 0.323 e. The van der Waals surface area contributed by atoms with Crippen molar-refractivity contribution in [3.63, 3.8) is 0 Å². The maximum absolute atomic E-state index is 11.8. The van der Waals surface area contributed by atoms with Crippen LogP contribution >= 0.6 is 0 Å². The van der Waals surface area contributed by atoms with E-state index in [1.54, 1.807) is 13.8 Å². The Morgan fingerprint density at radius 3 is 2.06 bits per heavy atom.